The Balaban J connectivity index is 3.08. The third-order valence-electron chi connectivity index (χ3n) is 2.65. The lowest BCUT2D eigenvalue weighted by Crippen LogP contribution is -2.39. The van der Waals surface area contributed by atoms with Crippen molar-refractivity contribution in [3.8, 4) is 0 Å². The predicted octanol–water partition coefficient (Wildman–Crippen LogP) is 2.39. The molecular weight excluding hydrogens is 307 g/mol. The van der Waals surface area contributed by atoms with Crippen molar-refractivity contribution in [1.29, 1.82) is 0 Å². The van der Waals surface area contributed by atoms with Crippen molar-refractivity contribution >= 4 is 27.9 Å². The molecule has 0 aliphatic heterocycles. The molecular formula is C12H12BrFO4. The third kappa shape index (κ3) is 2.87. The number of aliphatic carboxylic acids is 1. The number of carboxylic acid groups (broad SMARTS) is 1. The van der Waals surface area contributed by atoms with Gasteiger partial charge in [-0.25, -0.2) is 4.39 Å². The molecule has 0 fully saturated rings. The maximum atomic E-state index is 13.1. The van der Waals surface area contributed by atoms with Crippen LogP contribution in [0.1, 0.15) is 12.5 Å². The van der Waals surface area contributed by atoms with Gasteiger partial charge in [0.15, 0.2) is 5.41 Å². The largest absolute Gasteiger partial charge is 0.480 e. The standard InChI is InChI=1S/C12H12BrFO4/c1-12(10(15)16,11(17)18-2)6-7-3-4-9(14)8(13)5-7/h3-5H,6H2,1-2H3,(H,15,16). The molecule has 18 heavy (non-hydrogen) atoms. The Hall–Kier alpha value is -1.43. The van der Waals surface area contributed by atoms with E-state index in [4.69, 9.17) is 5.11 Å². The molecule has 6 heteroatoms. The highest BCUT2D eigenvalue weighted by Gasteiger charge is 2.42. The first kappa shape index (κ1) is 14.6. The van der Waals surface area contributed by atoms with E-state index < -0.39 is 23.2 Å². The molecule has 0 spiro atoms. The van der Waals surface area contributed by atoms with Gasteiger partial charge in [-0.15, -0.1) is 0 Å². The molecule has 98 valence electrons. The summed E-state index contributed by atoms with van der Waals surface area (Å²) in [6.07, 6.45) is -0.0755. The normalized spacial score (nSPS) is 13.8. The van der Waals surface area contributed by atoms with Crippen LogP contribution in [-0.2, 0) is 20.7 Å². The minimum absolute atomic E-state index is 0.0755. The van der Waals surface area contributed by atoms with Gasteiger partial charge in [0.05, 0.1) is 11.6 Å². The molecule has 0 aliphatic rings. The van der Waals surface area contributed by atoms with Crippen molar-refractivity contribution in [3.05, 3.63) is 34.1 Å². The summed E-state index contributed by atoms with van der Waals surface area (Å²) in [5, 5.41) is 9.13. The van der Waals surface area contributed by atoms with E-state index in [9.17, 15) is 14.0 Å². The smallest absolute Gasteiger partial charge is 0.323 e. The SMILES string of the molecule is COC(=O)C(C)(Cc1ccc(F)c(Br)c1)C(=O)O. The molecule has 0 heterocycles. The summed E-state index contributed by atoms with van der Waals surface area (Å²) >= 11 is 3.01. The number of halogens is 2. The van der Waals surface area contributed by atoms with Crippen molar-refractivity contribution in [2.24, 2.45) is 5.41 Å². The molecule has 0 amide bonds. The van der Waals surface area contributed by atoms with E-state index in [1.54, 1.807) is 0 Å². The molecule has 1 atom stereocenters. The van der Waals surface area contributed by atoms with Crippen molar-refractivity contribution in [1.82, 2.24) is 0 Å². The molecule has 1 unspecified atom stereocenters. The van der Waals surface area contributed by atoms with Crippen LogP contribution in [0.3, 0.4) is 0 Å². The van der Waals surface area contributed by atoms with Crippen molar-refractivity contribution in [2.75, 3.05) is 7.11 Å². The Morgan fingerprint density at radius 3 is 2.56 bits per heavy atom. The fraction of sp³-hybridized carbons (Fsp3) is 0.333. The van der Waals surface area contributed by atoms with Crippen LogP contribution >= 0.6 is 15.9 Å². The number of rotatable bonds is 4. The number of hydrogen-bond donors (Lipinski definition) is 1. The van der Waals surface area contributed by atoms with E-state index in [0.29, 0.717) is 5.56 Å². The lowest BCUT2D eigenvalue weighted by atomic mass is 9.83. The van der Waals surface area contributed by atoms with Crippen LogP contribution in [0.2, 0.25) is 0 Å². The molecule has 4 nitrogen and oxygen atoms in total. The van der Waals surface area contributed by atoms with Crippen LogP contribution in [0.5, 0.6) is 0 Å². The molecule has 1 aromatic carbocycles. The Labute approximate surface area is 112 Å². The predicted molar refractivity (Wildman–Crippen MR) is 65.6 cm³/mol. The average molecular weight is 319 g/mol. The summed E-state index contributed by atoms with van der Waals surface area (Å²) in [5.41, 5.74) is -1.16. The zero-order valence-corrected chi connectivity index (χ0v) is 11.5. The van der Waals surface area contributed by atoms with Gasteiger partial charge >= 0.3 is 11.9 Å². The Morgan fingerprint density at radius 2 is 2.11 bits per heavy atom. The molecule has 0 aliphatic carbocycles. The number of hydrogen-bond acceptors (Lipinski definition) is 3. The molecule has 0 saturated heterocycles. The van der Waals surface area contributed by atoms with E-state index >= 15 is 0 Å². The van der Waals surface area contributed by atoms with Gasteiger partial charge in [0.2, 0.25) is 0 Å². The molecule has 1 N–H and O–H groups in total. The van der Waals surface area contributed by atoms with Gasteiger partial charge < -0.3 is 9.84 Å². The second kappa shape index (κ2) is 5.48. The topological polar surface area (TPSA) is 63.6 Å². The zero-order chi connectivity index (χ0) is 13.9. The minimum atomic E-state index is -1.69. The van der Waals surface area contributed by atoms with Gasteiger partial charge in [0.1, 0.15) is 5.82 Å². The number of benzene rings is 1. The van der Waals surface area contributed by atoms with Gasteiger partial charge in [-0.2, -0.15) is 0 Å². The quantitative estimate of drug-likeness (QED) is 0.684. The van der Waals surface area contributed by atoms with E-state index in [-0.39, 0.29) is 10.9 Å². The monoisotopic (exact) mass is 318 g/mol. The van der Waals surface area contributed by atoms with Crippen molar-refractivity contribution in [2.45, 2.75) is 13.3 Å². The number of carbonyl (C=O) groups excluding carboxylic acids is 1. The molecule has 0 bridgehead atoms. The van der Waals surface area contributed by atoms with E-state index in [1.807, 2.05) is 0 Å². The number of esters is 1. The summed E-state index contributed by atoms with van der Waals surface area (Å²) < 4.78 is 17.8. The summed E-state index contributed by atoms with van der Waals surface area (Å²) in [4.78, 5) is 22.7. The van der Waals surface area contributed by atoms with E-state index in [1.165, 1.54) is 25.1 Å². The molecule has 0 radical (unpaired) electrons. The van der Waals surface area contributed by atoms with Crippen LogP contribution in [0.4, 0.5) is 4.39 Å². The van der Waals surface area contributed by atoms with Crippen molar-refractivity contribution < 1.29 is 23.8 Å². The third-order valence-corrected chi connectivity index (χ3v) is 3.26. The Kier molecular flexibility index (Phi) is 4.45. The first-order valence-corrected chi connectivity index (χ1v) is 5.86. The van der Waals surface area contributed by atoms with Crippen LogP contribution in [0.25, 0.3) is 0 Å². The average Bonchev–Trinajstić information content (AvgIpc) is 2.32. The number of carboxylic acids is 1. The summed E-state index contributed by atoms with van der Waals surface area (Å²) in [7, 11) is 1.13. The summed E-state index contributed by atoms with van der Waals surface area (Å²) in [6, 6.07) is 4.09. The van der Waals surface area contributed by atoms with Crippen LogP contribution in [0.15, 0.2) is 22.7 Å². The molecule has 0 aromatic heterocycles. The van der Waals surface area contributed by atoms with Crippen molar-refractivity contribution in [3.63, 3.8) is 0 Å². The minimum Gasteiger partial charge on any atom is -0.480 e. The number of methoxy groups -OCH3 is 1. The Morgan fingerprint density at radius 1 is 1.50 bits per heavy atom. The Bertz CT molecular complexity index is 489. The van der Waals surface area contributed by atoms with Gasteiger partial charge in [0.25, 0.3) is 0 Å². The van der Waals surface area contributed by atoms with Gasteiger partial charge in [0, 0.05) is 0 Å². The van der Waals surface area contributed by atoms with Gasteiger partial charge in [-0.3, -0.25) is 9.59 Å². The second-order valence-electron chi connectivity index (χ2n) is 4.05. The summed E-state index contributed by atoms with van der Waals surface area (Å²) in [6.45, 7) is 1.28. The van der Waals surface area contributed by atoms with Gasteiger partial charge in [-0.05, 0) is 47.0 Å². The maximum absolute atomic E-state index is 13.1. The van der Waals surface area contributed by atoms with E-state index in [0.717, 1.165) is 7.11 Å². The highest BCUT2D eigenvalue weighted by atomic mass is 79.9. The highest BCUT2D eigenvalue weighted by Crippen LogP contribution is 2.27. The highest BCUT2D eigenvalue weighted by molar-refractivity contribution is 9.10. The number of carbonyl (C=O) groups is 2. The first-order valence-electron chi connectivity index (χ1n) is 5.07. The second-order valence-corrected chi connectivity index (χ2v) is 4.91. The lowest BCUT2D eigenvalue weighted by Gasteiger charge is -2.21. The summed E-state index contributed by atoms with van der Waals surface area (Å²) in [5.74, 6) is -2.57. The fourth-order valence-corrected chi connectivity index (χ4v) is 1.94. The fourth-order valence-electron chi connectivity index (χ4n) is 1.52. The number of ether oxygens (including phenoxy) is 1. The molecule has 1 aromatic rings. The van der Waals surface area contributed by atoms with Crippen LogP contribution in [-0.4, -0.2) is 24.2 Å². The zero-order valence-electron chi connectivity index (χ0n) is 9.87. The van der Waals surface area contributed by atoms with Crippen LogP contribution < -0.4 is 0 Å². The van der Waals surface area contributed by atoms with Crippen LogP contribution in [0, 0.1) is 11.2 Å². The maximum Gasteiger partial charge on any atom is 0.323 e. The molecule has 1 rings (SSSR count). The lowest BCUT2D eigenvalue weighted by molar-refractivity contribution is -0.165. The first-order chi connectivity index (χ1) is 8.31. The van der Waals surface area contributed by atoms with Gasteiger partial charge in [-0.1, -0.05) is 6.07 Å². The molecule has 0 saturated carbocycles. The van der Waals surface area contributed by atoms with E-state index in [2.05, 4.69) is 20.7 Å².